The van der Waals surface area contributed by atoms with E-state index in [1.54, 1.807) is 29.0 Å². The van der Waals surface area contributed by atoms with Crippen molar-refractivity contribution in [2.24, 2.45) is 7.05 Å². The molecule has 5 nitrogen and oxygen atoms in total. The van der Waals surface area contributed by atoms with E-state index < -0.39 is 0 Å². The summed E-state index contributed by atoms with van der Waals surface area (Å²) in [6.07, 6.45) is 5.03. The molecule has 82 valence electrons. The van der Waals surface area contributed by atoms with Gasteiger partial charge in [-0.2, -0.15) is 0 Å². The first-order valence-corrected chi connectivity index (χ1v) is 5.12. The lowest BCUT2D eigenvalue weighted by Crippen LogP contribution is -2.38. The zero-order valence-electron chi connectivity index (χ0n) is 8.76. The van der Waals surface area contributed by atoms with E-state index in [9.17, 15) is 4.79 Å². The third-order valence-corrected chi connectivity index (χ3v) is 2.88. The van der Waals surface area contributed by atoms with Gasteiger partial charge >= 0.3 is 0 Å². The predicted octanol–water partition coefficient (Wildman–Crippen LogP) is 0.0170. The summed E-state index contributed by atoms with van der Waals surface area (Å²) in [6, 6.07) is -0.0209. The van der Waals surface area contributed by atoms with E-state index in [1.807, 2.05) is 0 Å². The van der Waals surface area contributed by atoms with Crippen molar-refractivity contribution in [2.45, 2.75) is 18.9 Å². The molecular weight excluding hydrogens is 194 g/mol. The second-order valence-corrected chi connectivity index (χ2v) is 3.87. The van der Waals surface area contributed by atoms with E-state index >= 15 is 0 Å². The number of imidazole rings is 1. The summed E-state index contributed by atoms with van der Waals surface area (Å²) in [5, 5.41) is 9.14. The Balaban J connectivity index is 2.18. The van der Waals surface area contributed by atoms with Crippen LogP contribution in [0.15, 0.2) is 12.5 Å². The largest absolute Gasteiger partial charge is 0.394 e. The second kappa shape index (κ2) is 4.02. The molecule has 2 rings (SSSR count). The molecule has 1 aromatic rings. The van der Waals surface area contributed by atoms with Crippen LogP contribution in [0.4, 0.5) is 0 Å². The highest BCUT2D eigenvalue weighted by molar-refractivity contribution is 5.92. The SMILES string of the molecule is Cn1cncc1C(=O)N1CCC[C@@H]1CO. The zero-order chi connectivity index (χ0) is 10.8. The Hall–Kier alpha value is -1.36. The summed E-state index contributed by atoms with van der Waals surface area (Å²) in [7, 11) is 1.80. The maximum Gasteiger partial charge on any atom is 0.272 e. The van der Waals surface area contributed by atoms with E-state index in [-0.39, 0.29) is 18.6 Å². The van der Waals surface area contributed by atoms with Crippen molar-refractivity contribution in [3.05, 3.63) is 18.2 Å². The Morgan fingerprint density at radius 2 is 2.53 bits per heavy atom. The Labute approximate surface area is 88.3 Å². The van der Waals surface area contributed by atoms with Crippen molar-refractivity contribution < 1.29 is 9.90 Å². The van der Waals surface area contributed by atoms with Crippen LogP contribution in [-0.4, -0.2) is 44.7 Å². The number of hydrogen-bond donors (Lipinski definition) is 1. The lowest BCUT2D eigenvalue weighted by Gasteiger charge is -2.22. The number of aliphatic hydroxyl groups is 1. The summed E-state index contributed by atoms with van der Waals surface area (Å²) in [4.78, 5) is 17.7. The average molecular weight is 209 g/mol. The van der Waals surface area contributed by atoms with Crippen LogP contribution in [0.25, 0.3) is 0 Å². The van der Waals surface area contributed by atoms with Gasteiger partial charge in [-0.25, -0.2) is 4.98 Å². The van der Waals surface area contributed by atoms with Crippen LogP contribution in [0.5, 0.6) is 0 Å². The molecule has 15 heavy (non-hydrogen) atoms. The molecule has 0 spiro atoms. The lowest BCUT2D eigenvalue weighted by molar-refractivity contribution is 0.0668. The minimum absolute atomic E-state index is 0.0209. The normalized spacial score (nSPS) is 20.9. The van der Waals surface area contributed by atoms with Gasteiger partial charge in [0.05, 0.1) is 25.2 Å². The topological polar surface area (TPSA) is 58.4 Å². The average Bonchev–Trinajstić information content (AvgIpc) is 2.84. The quantitative estimate of drug-likeness (QED) is 0.747. The summed E-state index contributed by atoms with van der Waals surface area (Å²) < 4.78 is 1.70. The number of hydrogen-bond acceptors (Lipinski definition) is 3. The fourth-order valence-electron chi connectivity index (χ4n) is 2.00. The van der Waals surface area contributed by atoms with Crippen LogP contribution in [0.2, 0.25) is 0 Å². The van der Waals surface area contributed by atoms with Gasteiger partial charge in [-0.3, -0.25) is 4.79 Å². The molecular formula is C10H15N3O2. The molecule has 0 saturated carbocycles. The molecule has 1 aliphatic rings. The number of rotatable bonds is 2. The molecule has 1 aliphatic heterocycles. The number of likely N-dealkylation sites (tertiary alicyclic amines) is 1. The van der Waals surface area contributed by atoms with Gasteiger partial charge in [0.1, 0.15) is 5.69 Å². The number of aromatic nitrogens is 2. The molecule has 0 unspecified atom stereocenters. The van der Waals surface area contributed by atoms with Crippen LogP contribution >= 0.6 is 0 Å². The Bertz CT molecular complexity index is 361. The summed E-state index contributed by atoms with van der Waals surface area (Å²) in [5.41, 5.74) is 0.579. The molecule has 5 heteroatoms. The van der Waals surface area contributed by atoms with Gasteiger partial charge in [0.2, 0.25) is 0 Å². The van der Waals surface area contributed by atoms with Crippen LogP contribution in [0.3, 0.4) is 0 Å². The number of aliphatic hydroxyl groups excluding tert-OH is 1. The molecule has 2 heterocycles. The lowest BCUT2D eigenvalue weighted by atomic mass is 10.2. The molecule has 1 saturated heterocycles. The van der Waals surface area contributed by atoms with Gasteiger partial charge in [0, 0.05) is 13.6 Å². The number of amides is 1. The van der Waals surface area contributed by atoms with Gasteiger partial charge in [0.25, 0.3) is 5.91 Å². The van der Waals surface area contributed by atoms with Crippen LogP contribution in [0.1, 0.15) is 23.3 Å². The van der Waals surface area contributed by atoms with Crippen molar-refractivity contribution in [1.82, 2.24) is 14.5 Å². The summed E-state index contributed by atoms with van der Waals surface area (Å²) >= 11 is 0. The molecule has 1 amide bonds. The fourth-order valence-corrected chi connectivity index (χ4v) is 2.00. The number of aryl methyl sites for hydroxylation is 1. The van der Waals surface area contributed by atoms with Gasteiger partial charge in [0.15, 0.2) is 0 Å². The van der Waals surface area contributed by atoms with E-state index in [2.05, 4.69) is 4.98 Å². The molecule has 0 aromatic carbocycles. The number of carbonyl (C=O) groups is 1. The number of nitrogens with zero attached hydrogens (tertiary/aromatic N) is 3. The molecule has 1 aromatic heterocycles. The van der Waals surface area contributed by atoms with Crippen LogP contribution in [0, 0.1) is 0 Å². The third kappa shape index (κ3) is 1.74. The van der Waals surface area contributed by atoms with Crippen LogP contribution < -0.4 is 0 Å². The van der Waals surface area contributed by atoms with Gasteiger partial charge in [-0.05, 0) is 12.8 Å². The Kier molecular flexibility index (Phi) is 2.73. The molecule has 1 fully saturated rings. The Morgan fingerprint density at radius 1 is 1.73 bits per heavy atom. The van der Waals surface area contributed by atoms with Crippen molar-refractivity contribution in [1.29, 1.82) is 0 Å². The standard InChI is InChI=1S/C10H15N3O2/c1-12-7-11-5-9(12)10(15)13-4-2-3-8(13)6-14/h5,7-8,14H,2-4,6H2,1H3/t8-/m1/s1. The first-order chi connectivity index (χ1) is 7.24. The molecule has 0 radical (unpaired) electrons. The highest BCUT2D eigenvalue weighted by Crippen LogP contribution is 2.19. The van der Waals surface area contributed by atoms with E-state index in [0.717, 1.165) is 19.4 Å². The van der Waals surface area contributed by atoms with Gasteiger partial charge in [-0.15, -0.1) is 0 Å². The maximum atomic E-state index is 12.1. The molecule has 1 N–H and O–H groups in total. The van der Waals surface area contributed by atoms with Gasteiger partial charge < -0.3 is 14.6 Å². The van der Waals surface area contributed by atoms with E-state index in [1.165, 1.54) is 0 Å². The second-order valence-electron chi connectivity index (χ2n) is 3.87. The van der Waals surface area contributed by atoms with Crippen molar-refractivity contribution in [3.63, 3.8) is 0 Å². The minimum atomic E-state index is -0.0356. The third-order valence-electron chi connectivity index (χ3n) is 2.88. The van der Waals surface area contributed by atoms with E-state index in [4.69, 9.17) is 5.11 Å². The van der Waals surface area contributed by atoms with Crippen LogP contribution in [-0.2, 0) is 7.05 Å². The fraction of sp³-hybridized carbons (Fsp3) is 0.600. The Morgan fingerprint density at radius 3 is 3.13 bits per heavy atom. The van der Waals surface area contributed by atoms with Crippen molar-refractivity contribution >= 4 is 5.91 Å². The molecule has 1 atom stereocenters. The number of carbonyl (C=O) groups excluding carboxylic acids is 1. The molecule has 0 bridgehead atoms. The van der Waals surface area contributed by atoms with Crippen molar-refractivity contribution in [2.75, 3.05) is 13.2 Å². The minimum Gasteiger partial charge on any atom is -0.394 e. The maximum absolute atomic E-state index is 12.1. The smallest absolute Gasteiger partial charge is 0.272 e. The molecule has 0 aliphatic carbocycles. The summed E-state index contributed by atoms with van der Waals surface area (Å²) in [6.45, 7) is 0.777. The first-order valence-electron chi connectivity index (χ1n) is 5.12. The highest BCUT2D eigenvalue weighted by Gasteiger charge is 2.29. The zero-order valence-corrected chi connectivity index (χ0v) is 8.76. The highest BCUT2D eigenvalue weighted by atomic mass is 16.3. The summed E-state index contributed by atoms with van der Waals surface area (Å²) in [5.74, 6) is -0.0356. The van der Waals surface area contributed by atoms with Gasteiger partial charge in [-0.1, -0.05) is 0 Å². The first kappa shape index (κ1) is 10.2. The van der Waals surface area contributed by atoms with Crippen molar-refractivity contribution in [3.8, 4) is 0 Å². The van der Waals surface area contributed by atoms with E-state index in [0.29, 0.717) is 5.69 Å². The monoisotopic (exact) mass is 209 g/mol. The predicted molar refractivity (Wildman–Crippen MR) is 54.4 cm³/mol.